The van der Waals surface area contributed by atoms with E-state index in [2.05, 4.69) is 17.4 Å². The van der Waals surface area contributed by atoms with Crippen molar-refractivity contribution in [2.45, 2.75) is 36.4 Å². The molecule has 0 radical (unpaired) electrons. The van der Waals surface area contributed by atoms with Gasteiger partial charge in [0.15, 0.2) is 6.61 Å². The first kappa shape index (κ1) is 18.0. The highest BCUT2D eigenvalue weighted by Crippen LogP contribution is 2.43. The second-order valence-electron chi connectivity index (χ2n) is 6.06. The van der Waals surface area contributed by atoms with E-state index < -0.39 is 0 Å². The molecule has 24 heavy (non-hydrogen) atoms. The number of carbonyl (C=O) groups is 1. The van der Waals surface area contributed by atoms with E-state index in [1.165, 1.54) is 23.5 Å². The molecule has 1 aromatic rings. The van der Waals surface area contributed by atoms with Crippen molar-refractivity contribution in [1.82, 2.24) is 5.32 Å². The van der Waals surface area contributed by atoms with Crippen LogP contribution in [0.2, 0.25) is 0 Å². The Bertz CT molecular complexity index is 512. The minimum atomic E-state index is -0.0736. The fraction of sp³-hybridized carbons (Fsp3) is 0.611. The SMILES string of the molecule is O=C(COc1ccc(C2SCCCS2)cc1)NCCC1CCCO1. The summed E-state index contributed by atoms with van der Waals surface area (Å²) in [5.74, 6) is 3.15. The molecule has 1 aromatic carbocycles. The molecule has 2 heterocycles. The zero-order valence-corrected chi connectivity index (χ0v) is 15.5. The summed E-state index contributed by atoms with van der Waals surface area (Å²) >= 11 is 4.02. The van der Waals surface area contributed by atoms with E-state index in [0.717, 1.165) is 31.6 Å². The molecular weight excluding hydrogens is 342 g/mol. The summed E-state index contributed by atoms with van der Waals surface area (Å²) in [7, 11) is 0. The van der Waals surface area contributed by atoms with Gasteiger partial charge in [-0.3, -0.25) is 4.79 Å². The van der Waals surface area contributed by atoms with Crippen molar-refractivity contribution in [3.8, 4) is 5.75 Å². The van der Waals surface area contributed by atoms with Crippen molar-refractivity contribution in [1.29, 1.82) is 0 Å². The lowest BCUT2D eigenvalue weighted by Crippen LogP contribution is -2.31. The van der Waals surface area contributed by atoms with Crippen LogP contribution in [-0.2, 0) is 9.53 Å². The average molecular weight is 368 g/mol. The predicted octanol–water partition coefficient (Wildman–Crippen LogP) is 3.62. The quantitative estimate of drug-likeness (QED) is 0.798. The van der Waals surface area contributed by atoms with Crippen molar-refractivity contribution in [3.05, 3.63) is 29.8 Å². The van der Waals surface area contributed by atoms with Crippen LogP contribution >= 0.6 is 23.5 Å². The van der Waals surface area contributed by atoms with Gasteiger partial charge in [0.2, 0.25) is 0 Å². The van der Waals surface area contributed by atoms with E-state index in [-0.39, 0.29) is 12.5 Å². The van der Waals surface area contributed by atoms with Gasteiger partial charge in [-0.2, -0.15) is 0 Å². The minimum absolute atomic E-state index is 0.0673. The normalized spacial score (nSPS) is 21.6. The van der Waals surface area contributed by atoms with Gasteiger partial charge in [-0.05, 0) is 54.9 Å². The van der Waals surface area contributed by atoms with Crippen LogP contribution < -0.4 is 10.1 Å². The molecule has 0 spiro atoms. The summed E-state index contributed by atoms with van der Waals surface area (Å²) in [6.45, 7) is 1.58. The van der Waals surface area contributed by atoms with Crippen LogP contribution in [0, 0.1) is 0 Å². The van der Waals surface area contributed by atoms with Gasteiger partial charge < -0.3 is 14.8 Å². The van der Waals surface area contributed by atoms with Gasteiger partial charge in [0.1, 0.15) is 5.75 Å². The molecule has 6 heteroatoms. The number of benzene rings is 1. The number of hydrogen-bond acceptors (Lipinski definition) is 5. The van der Waals surface area contributed by atoms with Gasteiger partial charge in [-0.1, -0.05) is 12.1 Å². The Balaban J connectivity index is 1.35. The molecule has 1 amide bonds. The summed E-state index contributed by atoms with van der Waals surface area (Å²) in [6.07, 6.45) is 4.74. The van der Waals surface area contributed by atoms with E-state index in [4.69, 9.17) is 9.47 Å². The predicted molar refractivity (Wildman–Crippen MR) is 101 cm³/mol. The van der Waals surface area contributed by atoms with E-state index in [9.17, 15) is 4.79 Å². The maximum Gasteiger partial charge on any atom is 0.257 e. The molecule has 3 rings (SSSR count). The Labute approximate surface area is 152 Å². The molecule has 2 fully saturated rings. The third-order valence-corrected chi connectivity index (χ3v) is 7.18. The summed E-state index contributed by atoms with van der Waals surface area (Å²) in [6, 6.07) is 8.15. The zero-order valence-electron chi connectivity index (χ0n) is 13.9. The molecule has 0 aromatic heterocycles. The first-order valence-electron chi connectivity index (χ1n) is 8.65. The maximum atomic E-state index is 11.8. The Morgan fingerprint density at radius 1 is 1.21 bits per heavy atom. The fourth-order valence-corrected chi connectivity index (χ4v) is 5.74. The summed E-state index contributed by atoms with van der Waals surface area (Å²) < 4.78 is 11.7. The van der Waals surface area contributed by atoms with Crippen LogP contribution in [0.25, 0.3) is 0 Å². The first-order chi connectivity index (χ1) is 11.8. The van der Waals surface area contributed by atoms with Crippen LogP contribution in [0.1, 0.15) is 35.8 Å². The van der Waals surface area contributed by atoms with Crippen molar-refractivity contribution < 1.29 is 14.3 Å². The van der Waals surface area contributed by atoms with Gasteiger partial charge >= 0.3 is 0 Å². The van der Waals surface area contributed by atoms with Crippen molar-refractivity contribution >= 4 is 29.4 Å². The molecular formula is C18H25NO3S2. The molecule has 2 aliphatic heterocycles. The molecule has 1 N–H and O–H groups in total. The largest absolute Gasteiger partial charge is 0.484 e. The first-order valence-corrected chi connectivity index (χ1v) is 10.8. The molecule has 2 aliphatic rings. The minimum Gasteiger partial charge on any atom is -0.484 e. The van der Waals surface area contributed by atoms with Crippen LogP contribution in [0.15, 0.2) is 24.3 Å². The smallest absolute Gasteiger partial charge is 0.257 e. The van der Waals surface area contributed by atoms with E-state index in [1.807, 2.05) is 35.7 Å². The van der Waals surface area contributed by atoms with E-state index in [0.29, 0.717) is 17.2 Å². The third-order valence-electron chi connectivity index (χ3n) is 4.16. The van der Waals surface area contributed by atoms with Crippen LogP contribution in [0.4, 0.5) is 0 Å². The number of hydrogen-bond donors (Lipinski definition) is 1. The van der Waals surface area contributed by atoms with Crippen LogP contribution in [0.3, 0.4) is 0 Å². The summed E-state index contributed by atoms with van der Waals surface area (Å²) in [4.78, 5) is 11.8. The molecule has 132 valence electrons. The molecule has 4 nitrogen and oxygen atoms in total. The van der Waals surface area contributed by atoms with Crippen LogP contribution in [0.5, 0.6) is 5.75 Å². The van der Waals surface area contributed by atoms with Gasteiger partial charge in [0, 0.05) is 13.2 Å². The van der Waals surface area contributed by atoms with Gasteiger partial charge in [-0.25, -0.2) is 0 Å². The van der Waals surface area contributed by atoms with Crippen LogP contribution in [-0.4, -0.2) is 43.3 Å². The molecule has 1 unspecified atom stereocenters. The number of ether oxygens (including phenoxy) is 2. The standard InChI is InChI=1S/C18H25NO3S2/c20-17(19-9-8-15-3-1-10-21-15)13-22-16-6-4-14(5-7-16)18-23-11-2-12-24-18/h4-7,15,18H,1-3,8-13H2,(H,19,20). The number of nitrogens with one attached hydrogen (secondary N) is 1. The van der Waals surface area contributed by atoms with Gasteiger partial charge in [-0.15, -0.1) is 23.5 Å². The number of amides is 1. The number of thioether (sulfide) groups is 2. The maximum absolute atomic E-state index is 11.8. The molecule has 2 saturated heterocycles. The second kappa shape index (κ2) is 9.59. The Morgan fingerprint density at radius 2 is 2.00 bits per heavy atom. The Kier molecular flexibility index (Phi) is 7.17. The average Bonchev–Trinajstić information content (AvgIpc) is 3.15. The fourth-order valence-electron chi connectivity index (χ4n) is 2.85. The zero-order chi connectivity index (χ0) is 16.6. The van der Waals surface area contributed by atoms with E-state index >= 15 is 0 Å². The lowest BCUT2D eigenvalue weighted by molar-refractivity contribution is -0.123. The van der Waals surface area contributed by atoms with Crippen molar-refractivity contribution in [3.63, 3.8) is 0 Å². The monoisotopic (exact) mass is 367 g/mol. The molecule has 0 aliphatic carbocycles. The van der Waals surface area contributed by atoms with E-state index in [1.54, 1.807) is 0 Å². The topological polar surface area (TPSA) is 47.6 Å². The lowest BCUT2D eigenvalue weighted by Gasteiger charge is -2.21. The second-order valence-corrected chi connectivity index (χ2v) is 8.78. The molecule has 1 atom stereocenters. The van der Waals surface area contributed by atoms with Crippen molar-refractivity contribution in [2.75, 3.05) is 31.3 Å². The number of rotatable bonds is 7. The summed E-state index contributed by atoms with van der Waals surface area (Å²) in [5.41, 5.74) is 1.33. The lowest BCUT2D eigenvalue weighted by atomic mass is 10.2. The highest BCUT2D eigenvalue weighted by Gasteiger charge is 2.17. The van der Waals surface area contributed by atoms with Crippen molar-refractivity contribution in [2.24, 2.45) is 0 Å². The van der Waals surface area contributed by atoms with Gasteiger partial charge in [0.25, 0.3) is 5.91 Å². The molecule has 0 saturated carbocycles. The van der Waals surface area contributed by atoms with Gasteiger partial charge in [0.05, 0.1) is 10.7 Å². The highest BCUT2D eigenvalue weighted by atomic mass is 32.2. The highest BCUT2D eigenvalue weighted by molar-refractivity contribution is 8.16. The number of carbonyl (C=O) groups excluding carboxylic acids is 1. The third kappa shape index (κ3) is 5.60. The molecule has 0 bridgehead atoms. The Hall–Kier alpha value is -0.850. The Morgan fingerprint density at radius 3 is 2.71 bits per heavy atom. The summed E-state index contributed by atoms with van der Waals surface area (Å²) in [5, 5.41) is 2.89.